The van der Waals surface area contributed by atoms with Crippen molar-refractivity contribution in [1.29, 1.82) is 0 Å². The highest BCUT2D eigenvalue weighted by Crippen LogP contribution is 2.14. The molecule has 1 radical (unpaired) electrons. The average Bonchev–Trinajstić information content (AvgIpc) is 1.84. The Bertz CT molecular complexity index is 66.1. The van der Waals surface area contributed by atoms with E-state index < -0.39 is 5.18 Å². The highest BCUT2D eigenvalue weighted by Gasteiger charge is 2.24. The molecular weight excluding hydrogens is 114 g/mol. The summed E-state index contributed by atoms with van der Waals surface area (Å²) >= 11 is 5.52. The van der Waals surface area contributed by atoms with Crippen LogP contribution in [0.4, 0.5) is 0 Å². The van der Waals surface area contributed by atoms with Crippen LogP contribution in [0.5, 0.6) is 0 Å². The summed E-state index contributed by atoms with van der Waals surface area (Å²) in [5.74, 6) is 0. The van der Waals surface area contributed by atoms with E-state index in [4.69, 9.17) is 16.3 Å². The lowest BCUT2D eigenvalue weighted by molar-refractivity contribution is 0.101. The topological polar surface area (TPSA) is 21.3 Å². The molecule has 0 aliphatic carbocycles. The van der Waals surface area contributed by atoms with Gasteiger partial charge in [0.15, 0.2) is 5.18 Å². The molecule has 0 saturated carbocycles. The van der Waals surface area contributed by atoms with Crippen molar-refractivity contribution < 1.29 is 4.74 Å². The molecule has 1 heterocycles. The third kappa shape index (κ3) is 1.30. The van der Waals surface area contributed by atoms with Crippen LogP contribution >= 0.6 is 11.6 Å². The highest BCUT2D eigenvalue weighted by molar-refractivity contribution is 6.23. The van der Waals surface area contributed by atoms with Crippen molar-refractivity contribution in [3.63, 3.8) is 0 Å². The Labute approximate surface area is 47.8 Å². The maximum absolute atomic E-state index is 5.52. The first-order valence-corrected chi connectivity index (χ1v) is 2.52. The number of hydrogen-bond acceptors (Lipinski definition) is 2. The molecule has 1 atom stereocenters. The number of nitrogens with one attached hydrogen (secondary N) is 1. The molecule has 1 unspecified atom stereocenters. The molecule has 0 aromatic rings. The Kier molecular flexibility index (Phi) is 1.24. The second-order valence-corrected chi connectivity index (χ2v) is 2.11. The van der Waals surface area contributed by atoms with Gasteiger partial charge >= 0.3 is 0 Å². The second kappa shape index (κ2) is 1.62. The van der Waals surface area contributed by atoms with E-state index in [1.54, 1.807) is 0 Å². The van der Waals surface area contributed by atoms with Crippen LogP contribution in [-0.4, -0.2) is 18.3 Å². The second-order valence-electron chi connectivity index (χ2n) is 1.50. The molecule has 0 aromatic heterocycles. The maximum Gasteiger partial charge on any atom is 0.196 e. The molecule has 1 aliphatic heterocycles. The molecule has 1 aliphatic rings. The summed E-state index contributed by atoms with van der Waals surface area (Å²) in [6.45, 7) is 4.96. The van der Waals surface area contributed by atoms with Crippen LogP contribution in [0.3, 0.4) is 0 Å². The van der Waals surface area contributed by atoms with Gasteiger partial charge in [0.25, 0.3) is 0 Å². The fourth-order valence-corrected chi connectivity index (χ4v) is 0.673. The lowest BCUT2D eigenvalue weighted by atomic mass is 10.6. The molecule has 3 heteroatoms. The Morgan fingerprint density at radius 3 is 2.71 bits per heavy atom. The summed E-state index contributed by atoms with van der Waals surface area (Å²) in [7, 11) is 0. The van der Waals surface area contributed by atoms with Crippen molar-refractivity contribution in [2.24, 2.45) is 0 Å². The molecule has 0 spiro atoms. The van der Waals surface area contributed by atoms with Crippen molar-refractivity contribution in [2.45, 2.75) is 5.18 Å². The Morgan fingerprint density at radius 1 is 1.86 bits per heavy atom. The van der Waals surface area contributed by atoms with Gasteiger partial charge in [-0.25, -0.2) is 0 Å². The van der Waals surface area contributed by atoms with E-state index in [9.17, 15) is 0 Å². The number of ether oxygens (including phenoxy) is 1. The zero-order valence-electron chi connectivity index (χ0n) is 3.91. The first-order valence-electron chi connectivity index (χ1n) is 2.14. The summed E-state index contributed by atoms with van der Waals surface area (Å²) in [4.78, 5) is 0. The van der Waals surface area contributed by atoms with Gasteiger partial charge in [-0.15, -0.1) is 0 Å². The fourth-order valence-electron chi connectivity index (χ4n) is 0.502. The molecule has 41 valence electrons. The summed E-state index contributed by atoms with van der Waals surface area (Å²) in [6.07, 6.45) is 0. The molecule has 0 amide bonds. The van der Waals surface area contributed by atoms with Crippen LogP contribution in [0.15, 0.2) is 0 Å². The van der Waals surface area contributed by atoms with Crippen molar-refractivity contribution in [3.05, 3.63) is 6.92 Å². The van der Waals surface area contributed by atoms with Crippen molar-refractivity contribution in [2.75, 3.05) is 13.2 Å². The normalized spacial score (nSPS) is 42.0. The summed E-state index contributed by atoms with van der Waals surface area (Å²) in [5.41, 5.74) is 0. The van der Waals surface area contributed by atoms with E-state index in [0.29, 0.717) is 6.61 Å². The van der Waals surface area contributed by atoms with Crippen LogP contribution < -0.4 is 5.32 Å². The molecule has 0 bridgehead atoms. The minimum absolute atomic E-state index is 0.660. The standard InChI is InChI=1S/C4H7ClNO/c1-4(5)6-2-3-7-4/h6H,1-3H2. The minimum Gasteiger partial charge on any atom is -0.345 e. The van der Waals surface area contributed by atoms with Crippen molar-refractivity contribution in [1.82, 2.24) is 5.32 Å². The van der Waals surface area contributed by atoms with Gasteiger partial charge in [-0.1, -0.05) is 11.6 Å². The van der Waals surface area contributed by atoms with Gasteiger partial charge in [-0.2, -0.15) is 0 Å². The molecule has 0 aromatic carbocycles. The monoisotopic (exact) mass is 120 g/mol. The molecular formula is C4H7ClNO. The van der Waals surface area contributed by atoms with Gasteiger partial charge in [-0.05, 0) is 0 Å². The first-order chi connectivity index (χ1) is 3.21. The molecule has 1 fully saturated rings. The Balaban J connectivity index is 2.40. The van der Waals surface area contributed by atoms with Gasteiger partial charge in [-0.3, -0.25) is 5.32 Å². The van der Waals surface area contributed by atoms with Gasteiger partial charge in [0, 0.05) is 13.5 Å². The van der Waals surface area contributed by atoms with Crippen LogP contribution in [0, 0.1) is 6.92 Å². The SMILES string of the molecule is [CH2]C1(Cl)NCCO1. The Hall–Kier alpha value is 0.210. The van der Waals surface area contributed by atoms with Crippen molar-refractivity contribution >= 4 is 11.6 Å². The third-order valence-electron chi connectivity index (χ3n) is 0.822. The number of halogens is 1. The van der Waals surface area contributed by atoms with E-state index in [1.165, 1.54) is 0 Å². The number of hydrogen-bond donors (Lipinski definition) is 1. The number of rotatable bonds is 0. The summed E-state index contributed by atoms with van der Waals surface area (Å²) in [5, 5.41) is 1.99. The van der Waals surface area contributed by atoms with Crippen LogP contribution in [0.25, 0.3) is 0 Å². The van der Waals surface area contributed by atoms with Gasteiger partial charge < -0.3 is 4.74 Å². The van der Waals surface area contributed by atoms with Gasteiger partial charge in [0.1, 0.15) is 0 Å². The maximum atomic E-state index is 5.52. The predicted molar refractivity (Wildman–Crippen MR) is 27.9 cm³/mol. The molecule has 2 nitrogen and oxygen atoms in total. The molecule has 1 N–H and O–H groups in total. The molecule has 7 heavy (non-hydrogen) atoms. The van der Waals surface area contributed by atoms with E-state index in [1.807, 2.05) is 0 Å². The van der Waals surface area contributed by atoms with Crippen molar-refractivity contribution in [3.8, 4) is 0 Å². The molecule has 1 saturated heterocycles. The highest BCUT2D eigenvalue weighted by atomic mass is 35.5. The first kappa shape index (κ1) is 5.35. The van der Waals surface area contributed by atoms with Crippen LogP contribution in [-0.2, 0) is 4.74 Å². The summed E-state index contributed by atoms with van der Waals surface area (Å²) < 4.78 is 4.88. The van der Waals surface area contributed by atoms with E-state index in [2.05, 4.69) is 12.2 Å². The molecule has 1 rings (SSSR count). The van der Waals surface area contributed by atoms with Gasteiger partial charge in [0.05, 0.1) is 6.61 Å². The predicted octanol–water partition coefficient (Wildman–Crippen LogP) is 0.333. The minimum atomic E-state index is -0.833. The lowest BCUT2D eigenvalue weighted by Crippen LogP contribution is -2.30. The quantitative estimate of drug-likeness (QED) is 0.368. The van der Waals surface area contributed by atoms with E-state index in [-0.39, 0.29) is 0 Å². The summed E-state index contributed by atoms with van der Waals surface area (Å²) in [6, 6.07) is 0. The Morgan fingerprint density at radius 2 is 2.57 bits per heavy atom. The lowest BCUT2D eigenvalue weighted by Gasteiger charge is -2.11. The van der Waals surface area contributed by atoms with Gasteiger partial charge in [0.2, 0.25) is 0 Å². The largest absolute Gasteiger partial charge is 0.345 e. The van der Waals surface area contributed by atoms with E-state index >= 15 is 0 Å². The zero-order chi connectivity index (χ0) is 5.33. The zero-order valence-corrected chi connectivity index (χ0v) is 4.66. The fraction of sp³-hybridized carbons (Fsp3) is 0.750. The van der Waals surface area contributed by atoms with Crippen LogP contribution in [0.1, 0.15) is 0 Å². The third-order valence-corrected chi connectivity index (χ3v) is 1.06. The average molecular weight is 121 g/mol. The van der Waals surface area contributed by atoms with Crippen LogP contribution in [0.2, 0.25) is 0 Å². The smallest absolute Gasteiger partial charge is 0.196 e. The number of alkyl halides is 1. The van der Waals surface area contributed by atoms with E-state index in [0.717, 1.165) is 6.54 Å².